The second-order valence-corrected chi connectivity index (χ2v) is 13.7. The van der Waals surface area contributed by atoms with Crippen LogP contribution in [0.1, 0.15) is 0 Å². The number of hydrogen-bond acceptors (Lipinski definition) is 2. The van der Waals surface area contributed by atoms with Crippen molar-refractivity contribution in [2.45, 2.75) is 0 Å². The number of fused-ring (bicyclic) bond motifs is 11. The summed E-state index contributed by atoms with van der Waals surface area (Å²) < 4.78 is 17.2. The van der Waals surface area contributed by atoms with E-state index in [1.165, 1.54) is 60.3 Å². The number of nitrogens with zero attached hydrogens (tertiary/aromatic N) is 2. The standard InChI is InChI=1S/C48H28N2O2/c1-3-11-40-34(8-1)37-27-31(32-20-25-45-39(28-32)35-9-2-5-13-44(35)51-45)19-23-41(37)49(40)33-21-16-29(17-22-33)30-18-24-42-38(26-30)36-10-7-15-47-48(36)50(42)43-12-4-6-14-46(43)52-47/h1-28H. The average Bonchev–Trinajstić information content (AvgIpc) is 3.86. The minimum Gasteiger partial charge on any atom is -0.456 e. The number of benzene rings is 8. The number of aromatic nitrogens is 2. The van der Waals surface area contributed by atoms with Crippen LogP contribution in [0.15, 0.2) is 174 Å². The summed E-state index contributed by atoms with van der Waals surface area (Å²) in [7, 11) is 0. The predicted molar refractivity (Wildman–Crippen MR) is 213 cm³/mol. The Hall–Kier alpha value is -7.04. The molecule has 0 radical (unpaired) electrons. The summed E-state index contributed by atoms with van der Waals surface area (Å²) in [6.07, 6.45) is 0. The van der Waals surface area contributed by atoms with E-state index >= 15 is 0 Å². The van der Waals surface area contributed by atoms with Gasteiger partial charge in [-0.25, -0.2) is 0 Å². The minimum atomic E-state index is 0.880. The van der Waals surface area contributed by atoms with Crippen molar-refractivity contribution in [2.24, 2.45) is 0 Å². The summed E-state index contributed by atoms with van der Waals surface area (Å²) in [6.45, 7) is 0. The van der Waals surface area contributed by atoms with E-state index in [9.17, 15) is 0 Å². The third-order valence-corrected chi connectivity index (χ3v) is 10.9. The Balaban J connectivity index is 0.963. The molecule has 3 aromatic heterocycles. The third kappa shape index (κ3) is 3.81. The molecule has 0 N–H and O–H groups in total. The van der Waals surface area contributed by atoms with E-state index in [0.29, 0.717) is 0 Å². The number of furan rings is 1. The summed E-state index contributed by atoms with van der Waals surface area (Å²) in [6, 6.07) is 60.8. The van der Waals surface area contributed by atoms with Crippen LogP contribution in [-0.4, -0.2) is 9.13 Å². The molecule has 0 amide bonds. The van der Waals surface area contributed by atoms with Gasteiger partial charge in [-0.2, -0.15) is 0 Å². The Kier molecular flexibility index (Phi) is 5.47. The van der Waals surface area contributed by atoms with Crippen molar-refractivity contribution in [3.63, 3.8) is 0 Å². The first-order valence-electron chi connectivity index (χ1n) is 17.7. The van der Waals surface area contributed by atoms with Gasteiger partial charge in [0.1, 0.15) is 11.2 Å². The second-order valence-electron chi connectivity index (χ2n) is 13.7. The summed E-state index contributed by atoms with van der Waals surface area (Å²) in [5, 5.41) is 7.18. The summed E-state index contributed by atoms with van der Waals surface area (Å²) in [5.41, 5.74) is 13.5. The first-order chi connectivity index (χ1) is 25.8. The number of rotatable bonds is 3. The fourth-order valence-corrected chi connectivity index (χ4v) is 8.54. The zero-order chi connectivity index (χ0) is 33.9. The normalized spacial score (nSPS) is 12.4. The van der Waals surface area contributed by atoms with Crippen molar-refractivity contribution < 1.29 is 9.15 Å². The van der Waals surface area contributed by atoms with Crippen LogP contribution >= 0.6 is 0 Å². The van der Waals surface area contributed by atoms with Crippen molar-refractivity contribution in [1.29, 1.82) is 0 Å². The molecular weight excluding hydrogens is 637 g/mol. The zero-order valence-electron chi connectivity index (χ0n) is 27.9. The predicted octanol–water partition coefficient (Wildman–Crippen LogP) is 13.2. The first kappa shape index (κ1) is 27.7. The molecule has 0 spiro atoms. The molecule has 12 rings (SSSR count). The van der Waals surface area contributed by atoms with Crippen molar-refractivity contribution in [1.82, 2.24) is 9.13 Å². The first-order valence-corrected chi connectivity index (χ1v) is 17.7. The topological polar surface area (TPSA) is 32.2 Å². The van der Waals surface area contributed by atoms with Crippen molar-refractivity contribution in [2.75, 3.05) is 0 Å². The fourth-order valence-electron chi connectivity index (χ4n) is 8.54. The minimum absolute atomic E-state index is 0.880. The molecule has 1 aliphatic heterocycles. The molecule has 0 bridgehead atoms. The van der Waals surface area contributed by atoms with Gasteiger partial charge in [-0.3, -0.25) is 0 Å². The highest BCUT2D eigenvalue weighted by molar-refractivity contribution is 6.14. The van der Waals surface area contributed by atoms with E-state index in [1.807, 2.05) is 24.3 Å². The van der Waals surface area contributed by atoms with Gasteiger partial charge >= 0.3 is 0 Å². The van der Waals surface area contributed by atoms with E-state index in [2.05, 4.69) is 155 Å². The zero-order valence-corrected chi connectivity index (χ0v) is 27.9. The van der Waals surface area contributed by atoms with Gasteiger partial charge in [0.25, 0.3) is 0 Å². The highest BCUT2D eigenvalue weighted by Crippen LogP contribution is 2.46. The van der Waals surface area contributed by atoms with Crippen LogP contribution in [0.2, 0.25) is 0 Å². The maximum absolute atomic E-state index is 6.33. The van der Waals surface area contributed by atoms with Crippen LogP contribution in [0.5, 0.6) is 11.5 Å². The van der Waals surface area contributed by atoms with Crippen LogP contribution in [0.25, 0.3) is 99.2 Å². The lowest BCUT2D eigenvalue weighted by Crippen LogP contribution is -2.03. The molecule has 1 aliphatic rings. The van der Waals surface area contributed by atoms with Gasteiger partial charge in [-0.15, -0.1) is 0 Å². The third-order valence-electron chi connectivity index (χ3n) is 10.9. The maximum Gasteiger partial charge on any atom is 0.152 e. The van der Waals surface area contributed by atoms with Gasteiger partial charge in [-0.1, -0.05) is 91.0 Å². The van der Waals surface area contributed by atoms with Gasteiger partial charge in [0, 0.05) is 38.0 Å². The molecule has 0 saturated heterocycles. The fraction of sp³-hybridized carbons (Fsp3) is 0. The van der Waals surface area contributed by atoms with E-state index in [-0.39, 0.29) is 0 Å². The van der Waals surface area contributed by atoms with Gasteiger partial charge in [0.2, 0.25) is 0 Å². The van der Waals surface area contributed by atoms with Crippen LogP contribution < -0.4 is 4.74 Å². The van der Waals surface area contributed by atoms with Gasteiger partial charge in [0.15, 0.2) is 11.5 Å². The van der Waals surface area contributed by atoms with Gasteiger partial charge < -0.3 is 18.3 Å². The van der Waals surface area contributed by atoms with Crippen LogP contribution in [0, 0.1) is 0 Å². The van der Waals surface area contributed by atoms with E-state index in [1.54, 1.807) is 0 Å². The average molecular weight is 665 g/mol. The highest BCUT2D eigenvalue weighted by atomic mass is 16.5. The number of hydrogen-bond donors (Lipinski definition) is 0. The Morgan fingerprint density at radius 2 is 0.923 bits per heavy atom. The van der Waals surface area contributed by atoms with Crippen molar-refractivity contribution in [3.05, 3.63) is 170 Å². The van der Waals surface area contributed by atoms with Crippen molar-refractivity contribution in [3.8, 4) is 45.1 Å². The molecule has 11 aromatic rings. The Morgan fingerprint density at radius 3 is 1.79 bits per heavy atom. The molecule has 0 fully saturated rings. The smallest absolute Gasteiger partial charge is 0.152 e. The molecule has 8 aromatic carbocycles. The molecule has 52 heavy (non-hydrogen) atoms. The molecule has 0 atom stereocenters. The summed E-state index contributed by atoms with van der Waals surface area (Å²) in [5.74, 6) is 1.77. The second kappa shape index (κ2) is 10.3. The van der Waals surface area contributed by atoms with Crippen molar-refractivity contribution >= 4 is 65.6 Å². The molecule has 242 valence electrons. The van der Waals surface area contributed by atoms with Crippen LogP contribution in [0.3, 0.4) is 0 Å². The molecular formula is C48H28N2O2. The Bertz CT molecular complexity index is 3270. The monoisotopic (exact) mass is 664 g/mol. The Labute approximate surface area is 297 Å². The van der Waals surface area contributed by atoms with E-state index in [4.69, 9.17) is 9.15 Å². The van der Waals surface area contributed by atoms with Gasteiger partial charge in [0.05, 0.1) is 27.8 Å². The molecule has 0 aliphatic carbocycles. The summed E-state index contributed by atoms with van der Waals surface area (Å²) >= 11 is 0. The summed E-state index contributed by atoms with van der Waals surface area (Å²) in [4.78, 5) is 0. The molecule has 4 nitrogen and oxygen atoms in total. The lowest BCUT2D eigenvalue weighted by atomic mass is 10.0. The molecule has 4 heteroatoms. The maximum atomic E-state index is 6.33. The van der Waals surface area contributed by atoms with Gasteiger partial charge in [-0.05, 0) is 101 Å². The van der Waals surface area contributed by atoms with E-state index in [0.717, 1.165) is 50.3 Å². The molecule has 0 unspecified atom stereocenters. The highest BCUT2D eigenvalue weighted by Gasteiger charge is 2.23. The van der Waals surface area contributed by atoms with Crippen LogP contribution in [-0.2, 0) is 0 Å². The number of ether oxygens (including phenoxy) is 1. The molecule has 4 heterocycles. The van der Waals surface area contributed by atoms with Crippen LogP contribution in [0.4, 0.5) is 0 Å². The quantitative estimate of drug-likeness (QED) is 0.188. The van der Waals surface area contributed by atoms with E-state index < -0.39 is 0 Å². The molecule has 0 saturated carbocycles. The lowest BCUT2D eigenvalue weighted by molar-refractivity contribution is 0.476. The Morgan fingerprint density at radius 1 is 0.346 bits per heavy atom. The SMILES string of the molecule is c1ccc2c(c1)Oc1cccc3c4cc(-c5ccc(-n6c7ccccc7c7cc(-c8ccc9oc%10ccccc%10c9c8)ccc76)cc5)ccc4n-2c13. The largest absolute Gasteiger partial charge is 0.456 e. The number of para-hydroxylation sites is 5. The lowest BCUT2D eigenvalue weighted by Gasteiger charge is -2.20.